The third kappa shape index (κ3) is 4.96. The zero-order valence-electron chi connectivity index (χ0n) is 15.2. The number of nitrogens with two attached hydrogens (primary N) is 1. The molecule has 0 fully saturated rings. The molecule has 2 aromatic carbocycles. The molecule has 3 aromatic rings. The van der Waals surface area contributed by atoms with Crippen molar-refractivity contribution in [3.05, 3.63) is 59.4 Å². The van der Waals surface area contributed by atoms with E-state index in [0.29, 0.717) is 34.1 Å². The molecule has 0 saturated carbocycles. The molecular weight excluding hydrogens is 400 g/mol. The number of aromatic nitrogens is 3. The zero-order valence-corrected chi connectivity index (χ0v) is 16.7. The second-order valence-electron chi connectivity index (χ2n) is 5.63. The number of thioether (sulfide) groups is 1. The van der Waals surface area contributed by atoms with Crippen LogP contribution in [0.3, 0.4) is 0 Å². The molecule has 3 rings (SSSR count). The predicted molar refractivity (Wildman–Crippen MR) is 108 cm³/mol. The number of hydrogen-bond acceptors (Lipinski definition) is 6. The summed E-state index contributed by atoms with van der Waals surface area (Å²) in [5.74, 6) is 1.56. The molecule has 1 heterocycles. The van der Waals surface area contributed by atoms with Gasteiger partial charge in [0, 0.05) is 5.02 Å². The molecule has 0 aliphatic carbocycles. The van der Waals surface area contributed by atoms with Crippen LogP contribution in [0.2, 0.25) is 5.02 Å². The first kappa shape index (κ1) is 20.0. The lowest BCUT2D eigenvalue weighted by Crippen LogP contribution is -2.14. The molecule has 1 aromatic heterocycles. The molecule has 0 bridgehead atoms. The van der Waals surface area contributed by atoms with E-state index in [4.69, 9.17) is 26.8 Å². The van der Waals surface area contributed by atoms with Crippen molar-refractivity contribution in [1.82, 2.24) is 14.8 Å². The number of para-hydroxylation sites is 2. The van der Waals surface area contributed by atoms with Gasteiger partial charge in [-0.3, -0.25) is 9.36 Å². The van der Waals surface area contributed by atoms with Crippen LogP contribution in [0.4, 0.5) is 0 Å². The molecule has 28 heavy (non-hydrogen) atoms. The van der Waals surface area contributed by atoms with Crippen molar-refractivity contribution in [2.24, 2.45) is 5.73 Å². The minimum atomic E-state index is -0.434. The van der Waals surface area contributed by atoms with Crippen molar-refractivity contribution in [1.29, 1.82) is 0 Å². The molecular formula is C19H19ClN4O3S. The van der Waals surface area contributed by atoms with Crippen molar-refractivity contribution >= 4 is 29.3 Å². The Morgan fingerprint density at radius 2 is 1.89 bits per heavy atom. The Hall–Kier alpha value is -2.71. The van der Waals surface area contributed by atoms with Crippen LogP contribution in [-0.4, -0.2) is 33.0 Å². The smallest absolute Gasteiger partial charge is 0.227 e. The summed E-state index contributed by atoms with van der Waals surface area (Å²) in [7, 11) is 0. The molecule has 7 nitrogen and oxygen atoms in total. The number of halogens is 1. The predicted octanol–water partition coefficient (Wildman–Crippen LogP) is 3.48. The maximum atomic E-state index is 11.2. The maximum absolute atomic E-state index is 11.2. The average molecular weight is 419 g/mol. The van der Waals surface area contributed by atoms with Gasteiger partial charge in [0.05, 0.1) is 18.0 Å². The fourth-order valence-corrected chi connectivity index (χ4v) is 3.29. The normalized spacial score (nSPS) is 10.6. The Labute approximate surface area is 171 Å². The summed E-state index contributed by atoms with van der Waals surface area (Å²) < 4.78 is 13.4. The molecule has 0 unspecified atom stereocenters. The number of carbonyl (C=O) groups excluding carboxylic acids is 1. The van der Waals surface area contributed by atoms with Gasteiger partial charge >= 0.3 is 0 Å². The number of benzene rings is 2. The van der Waals surface area contributed by atoms with Gasteiger partial charge in [-0.15, -0.1) is 10.2 Å². The monoisotopic (exact) mass is 418 g/mol. The van der Waals surface area contributed by atoms with E-state index in [1.165, 1.54) is 11.8 Å². The lowest BCUT2D eigenvalue weighted by Gasteiger charge is -2.15. The molecule has 0 aliphatic heterocycles. The number of carbonyl (C=O) groups is 1. The van der Waals surface area contributed by atoms with Gasteiger partial charge in [0.25, 0.3) is 0 Å². The van der Waals surface area contributed by atoms with Crippen molar-refractivity contribution < 1.29 is 14.3 Å². The van der Waals surface area contributed by atoms with Gasteiger partial charge in [-0.2, -0.15) is 0 Å². The van der Waals surface area contributed by atoms with E-state index in [-0.39, 0.29) is 12.4 Å². The Balaban J connectivity index is 1.93. The van der Waals surface area contributed by atoms with Crippen molar-refractivity contribution in [2.45, 2.75) is 18.7 Å². The third-order valence-corrected chi connectivity index (χ3v) is 4.83. The molecule has 146 valence electrons. The molecule has 2 N–H and O–H groups in total. The van der Waals surface area contributed by atoms with Crippen LogP contribution in [-0.2, 0) is 11.4 Å². The first-order chi connectivity index (χ1) is 13.6. The summed E-state index contributed by atoms with van der Waals surface area (Å²) in [4.78, 5) is 11.2. The number of primary amides is 1. The van der Waals surface area contributed by atoms with E-state index in [1.54, 1.807) is 24.3 Å². The van der Waals surface area contributed by atoms with Crippen LogP contribution in [0, 0.1) is 0 Å². The van der Waals surface area contributed by atoms with Gasteiger partial charge in [-0.1, -0.05) is 35.5 Å². The topological polar surface area (TPSA) is 92.3 Å². The highest BCUT2D eigenvalue weighted by atomic mass is 35.5. The summed E-state index contributed by atoms with van der Waals surface area (Å²) in [5.41, 5.74) is 6.04. The van der Waals surface area contributed by atoms with E-state index in [0.717, 1.165) is 5.69 Å². The van der Waals surface area contributed by atoms with E-state index in [2.05, 4.69) is 10.2 Å². The van der Waals surface area contributed by atoms with Gasteiger partial charge in [-0.25, -0.2) is 0 Å². The fourth-order valence-electron chi connectivity index (χ4n) is 2.46. The van der Waals surface area contributed by atoms with Gasteiger partial charge < -0.3 is 15.2 Å². The number of rotatable bonds is 9. The molecule has 0 atom stereocenters. The maximum Gasteiger partial charge on any atom is 0.227 e. The highest BCUT2D eigenvalue weighted by Gasteiger charge is 2.18. The van der Waals surface area contributed by atoms with Gasteiger partial charge in [0.1, 0.15) is 18.1 Å². The van der Waals surface area contributed by atoms with Gasteiger partial charge in [0.2, 0.25) is 5.91 Å². The molecule has 0 aliphatic rings. The van der Waals surface area contributed by atoms with E-state index in [9.17, 15) is 4.79 Å². The highest BCUT2D eigenvalue weighted by Crippen LogP contribution is 2.29. The minimum absolute atomic E-state index is 0.0903. The molecule has 0 saturated heterocycles. The van der Waals surface area contributed by atoms with Crippen molar-refractivity contribution in [2.75, 3.05) is 12.4 Å². The average Bonchev–Trinajstić information content (AvgIpc) is 3.09. The number of ether oxygens (including phenoxy) is 2. The summed E-state index contributed by atoms with van der Waals surface area (Å²) in [6.07, 6.45) is 0. The largest absolute Gasteiger partial charge is 0.492 e. The van der Waals surface area contributed by atoms with Crippen LogP contribution < -0.4 is 15.2 Å². The summed E-state index contributed by atoms with van der Waals surface area (Å²) in [6.45, 7) is 2.60. The standard InChI is InChI=1S/C19H19ClN4O3S/c1-2-26-16-6-4-3-5-15(16)24-18(22-23-19(24)28-12-17(21)25)11-27-14-9-7-13(20)8-10-14/h3-10H,2,11-12H2,1H3,(H2,21,25). The Morgan fingerprint density at radius 3 is 2.61 bits per heavy atom. The minimum Gasteiger partial charge on any atom is -0.492 e. The lowest BCUT2D eigenvalue weighted by atomic mass is 10.3. The van der Waals surface area contributed by atoms with E-state index >= 15 is 0 Å². The quantitative estimate of drug-likeness (QED) is 0.535. The Bertz CT molecular complexity index is 947. The number of nitrogens with zero attached hydrogens (tertiary/aromatic N) is 3. The molecule has 9 heteroatoms. The first-order valence-corrected chi connectivity index (χ1v) is 9.90. The second kappa shape index (κ2) is 9.48. The van der Waals surface area contributed by atoms with Gasteiger partial charge in [0.15, 0.2) is 11.0 Å². The van der Waals surface area contributed by atoms with Crippen LogP contribution in [0.1, 0.15) is 12.7 Å². The summed E-state index contributed by atoms with van der Waals surface area (Å²) in [5, 5.41) is 9.60. The Kier molecular flexibility index (Phi) is 6.78. The van der Waals surface area contributed by atoms with Crippen LogP contribution in [0.25, 0.3) is 5.69 Å². The number of amides is 1. The van der Waals surface area contributed by atoms with Gasteiger partial charge in [-0.05, 0) is 43.3 Å². The van der Waals surface area contributed by atoms with Crippen LogP contribution >= 0.6 is 23.4 Å². The van der Waals surface area contributed by atoms with Crippen LogP contribution in [0.5, 0.6) is 11.5 Å². The van der Waals surface area contributed by atoms with E-state index in [1.807, 2.05) is 35.8 Å². The molecule has 1 amide bonds. The zero-order chi connectivity index (χ0) is 19.9. The summed E-state index contributed by atoms with van der Waals surface area (Å²) in [6, 6.07) is 14.6. The third-order valence-electron chi connectivity index (χ3n) is 3.63. The lowest BCUT2D eigenvalue weighted by molar-refractivity contribution is -0.115. The molecule has 0 radical (unpaired) electrons. The second-order valence-corrected chi connectivity index (χ2v) is 7.01. The Morgan fingerprint density at radius 1 is 1.14 bits per heavy atom. The summed E-state index contributed by atoms with van der Waals surface area (Å²) >= 11 is 7.12. The van der Waals surface area contributed by atoms with E-state index < -0.39 is 5.91 Å². The molecule has 0 spiro atoms. The number of hydrogen-bond donors (Lipinski definition) is 1. The fraction of sp³-hybridized carbons (Fsp3) is 0.211. The van der Waals surface area contributed by atoms with Crippen molar-refractivity contribution in [3.63, 3.8) is 0 Å². The van der Waals surface area contributed by atoms with Crippen molar-refractivity contribution in [3.8, 4) is 17.2 Å². The SMILES string of the molecule is CCOc1ccccc1-n1c(COc2ccc(Cl)cc2)nnc1SCC(N)=O. The highest BCUT2D eigenvalue weighted by molar-refractivity contribution is 7.99. The van der Waals surface area contributed by atoms with Crippen LogP contribution in [0.15, 0.2) is 53.7 Å². The first-order valence-electron chi connectivity index (χ1n) is 8.54.